The van der Waals surface area contributed by atoms with Crippen molar-refractivity contribution in [1.82, 2.24) is 9.97 Å². The molecular weight excluding hydrogens is 273 g/mol. The van der Waals surface area contributed by atoms with E-state index in [9.17, 15) is 13.2 Å². The Hall–Kier alpha value is -0.650. The Morgan fingerprint density at radius 1 is 1.47 bits per heavy atom. The van der Waals surface area contributed by atoms with Crippen LogP contribution in [0, 0.1) is 6.92 Å². The van der Waals surface area contributed by atoms with Gasteiger partial charge in [-0.3, -0.25) is 0 Å². The van der Waals surface area contributed by atoms with Crippen LogP contribution in [0.15, 0.2) is 6.20 Å². The molecule has 0 aliphatic carbocycles. The van der Waals surface area contributed by atoms with Gasteiger partial charge in [0, 0.05) is 22.3 Å². The van der Waals surface area contributed by atoms with Crippen LogP contribution in [0.1, 0.15) is 35.3 Å². The lowest BCUT2D eigenvalue weighted by atomic mass is 10.1. The molecule has 0 saturated heterocycles. The van der Waals surface area contributed by atoms with Crippen molar-refractivity contribution in [2.45, 2.75) is 31.3 Å². The maximum atomic E-state index is 12.2. The first kappa shape index (κ1) is 12.4. The second-order valence-electron chi connectivity index (χ2n) is 3.11. The van der Waals surface area contributed by atoms with Crippen LogP contribution in [-0.2, 0) is 6.18 Å². The number of hydrogen-bond acceptors (Lipinski definition) is 2. The number of hydrogen-bond donors (Lipinski definition) is 0. The molecule has 6 heteroatoms. The van der Waals surface area contributed by atoms with Crippen LogP contribution in [0.2, 0.25) is 0 Å². The Kier molecular flexibility index (Phi) is 3.70. The summed E-state index contributed by atoms with van der Waals surface area (Å²) in [7, 11) is 0. The molecule has 84 valence electrons. The van der Waals surface area contributed by atoms with Crippen molar-refractivity contribution in [2.75, 3.05) is 0 Å². The van der Waals surface area contributed by atoms with Crippen molar-refractivity contribution < 1.29 is 13.2 Å². The van der Waals surface area contributed by atoms with Gasteiger partial charge in [0.25, 0.3) is 0 Å². The monoisotopic (exact) mass is 282 g/mol. The van der Waals surface area contributed by atoms with Crippen molar-refractivity contribution in [1.29, 1.82) is 0 Å². The highest BCUT2D eigenvalue weighted by atomic mass is 79.9. The smallest absolute Gasteiger partial charge is 0.233 e. The van der Waals surface area contributed by atoms with Gasteiger partial charge in [0.15, 0.2) is 0 Å². The third kappa shape index (κ3) is 2.90. The summed E-state index contributed by atoms with van der Waals surface area (Å²) in [4.78, 5) is 6.76. The van der Waals surface area contributed by atoms with Crippen molar-refractivity contribution in [2.24, 2.45) is 0 Å². The van der Waals surface area contributed by atoms with Crippen LogP contribution in [0.5, 0.6) is 0 Å². The lowest BCUT2D eigenvalue weighted by Gasteiger charge is -2.11. The summed E-state index contributed by atoms with van der Waals surface area (Å²) in [5, 5.41) is 0. The van der Waals surface area contributed by atoms with Crippen LogP contribution < -0.4 is 0 Å². The van der Waals surface area contributed by atoms with Crippen LogP contribution in [0.25, 0.3) is 0 Å². The predicted molar refractivity (Wildman–Crippen MR) is 53.7 cm³/mol. The number of aromatic nitrogens is 2. The van der Waals surface area contributed by atoms with Crippen molar-refractivity contribution in [3.05, 3.63) is 23.3 Å². The highest BCUT2D eigenvalue weighted by Gasteiger charge is 2.35. The van der Waals surface area contributed by atoms with Gasteiger partial charge in [0.1, 0.15) is 0 Å². The molecule has 15 heavy (non-hydrogen) atoms. The minimum Gasteiger partial charge on any atom is -0.233 e. The molecule has 0 spiro atoms. The fourth-order valence-electron chi connectivity index (χ4n) is 1.14. The summed E-state index contributed by atoms with van der Waals surface area (Å²) >= 11 is 3.35. The third-order valence-corrected chi connectivity index (χ3v) is 3.11. The van der Waals surface area contributed by atoms with Crippen LogP contribution in [0.3, 0.4) is 0 Å². The fourth-order valence-corrected chi connectivity index (χ4v) is 1.59. The fraction of sp³-hybridized carbons (Fsp3) is 0.556. The average molecular weight is 283 g/mol. The first-order valence-electron chi connectivity index (χ1n) is 4.41. The van der Waals surface area contributed by atoms with E-state index in [2.05, 4.69) is 25.9 Å². The molecule has 0 bridgehead atoms. The molecule has 0 aliphatic heterocycles. The standard InChI is InChI=1S/C9H10BrF3N2/c1-3-7(10)6-4-14-8(9(11,12)13)15-5(6)2/h4,7H,3H2,1-2H3. The maximum absolute atomic E-state index is 12.2. The van der Waals surface area contributed by atoms with Gasteiger partial charge in [0.2, 0.25) is 5.82 Å². The summed E-state index contributed by atoms with van der Waals surface area (Å²) in [6.45, 7) is 3.48. The van der Waals surface area contributed by atoms with Crippen molar-refractivity contribution in [3.63, 3.8) is 0 Å². The zero-order valence-corrected chi connectivity index (χ0v) is 9.85. The van der Waals surface area contributed by atoms with E-state index in [0.29, 0.717) is 11.3 Å². The molecule has 0 fully saturated rings. The number of halogens is 4. The van der Waals surface area contributed by atoms with Crippen molar-refractivity contribution >= 4 is 15.9 Å². The number of aryl methyl sites for hydroxylation is 1. The van der Waals surface area contributed by atoms with E-state index in [1.165, 1.54) is 6.20 Å². The lowest BCUT2D eigenvalue weighted by molar-refractivity contribution is -0.145. The Morgan fingerprint density at radius 3 is 2.47 bits per heavy atom. The van der Waals surface area contributed by atoms with E-state index < -0.39 is 12.0 Å². The SMILES string of the molecule is CCC(Br)c1cnc(C(F)(F)F)nc1C. The van der Waals surface area contributed by atoms with E-state index >= 15 is 0 Å². The summed E-state index contributed by atoms with van der Waals surface area (Å²) in [5.41, 5.74) is 1.06. The first-order valence-corrected chi connectivity index (χ1v) is 5.32. The molecule has 0 saturated carbocycles. The van der Waals surface area contributed by atoms with Gasteiger partial charge in [-0.15, -0.1) is 0 Å². The van der Waals surface area contributed by atoms with E-state index in [0.717, 1.165) is 6.42 Å². The molecule has 2 nitrogen and oxygen atoms in total. The lowest BCUT2D eigenvalue weighted by Crippen LogP contribution is -2.13. The predicted octanol–water partition coefficient (Wildman–Crippen LogP) is 3.65. The second kappa shape index (κ2) is 4.47. The Bertz CT molecular complexity index is 352. The van der Waals surface area contributed by atoms with Gasteiger partial charge in [-0.1, -0.05) is 22.9 Å². The molecule has 1 aromatic heterocycles. The third-order valence-electron chi connectivity index (χ3n) is 1.97. The zero-order valence-electron chi connectivity index (χ0n) is 8.27. The van der Waals surface area contributed by atoms with Crippen molar-refractivity contribution in [3.8, 4) is 0 Å². The molecule has 0 aliphatic rings. The minimum absolute atomic E-state index is 0.000200. The van der Waals surface area contributed by atoms with Crippen LogP contribution >= 0.6 is 15.9 Å². The van der Waals surface area contributed by atoms with Gasteiger partial charge in [0.05, 0.1) is 0 Å². The minimum atomic E-state index is -4.47. The molecule has 1 unspecified atom stereocenters. The van der Waals surface area contributed by atoms with E-state index in [4.69, 9.17) is 0 Å². The van der Waals surface area contributed by atoms with Crippen LogP contribution in [0.4, 0.5) is 13.2 Å². The molecule has 0 aromatic carbocycles. The molecule has 1 aromatic rings. The molecule has 1 atom stereocenters. The molecule has 0 radical (unpaired) electrons. The highest BCUT2D eigenvalue weighted by Crippen LogP contribution is 2.30. The number of alkyl halides is 4. The molecule has 1 rings (SSSR count). The van der Waals surface area contributed by atoms with Gasteiger partial charge >= 0.3 is 6.18 Å². The summed E-state index contributed by atoms with van der Waals surface area (Å²) in [5.74, 6) is -1.08. The zero-order chi connectivity index (χ0) is 11.6. The second-order valence-corrected chi connectivity index (χ2v) is 4.21. The Morgan fingerprint density at radius 2 is 2.07 bits per heavy atom. The number of nitrogens with zero attached hydrogens (tertiary/aromatic N) is 2. The van der Waals surface area contributed by atoms with Gasteiger partial charge in [-0.25, -0.2) is 9.97 Å². The van der Waals surface area contributed by atoms with Gasteiger partial charge < -0.3 is 0 Å². The van der Waals surface area contributed by atoms with Crippen LogP contribution in [-0.4, -0.2) is 9.97 Å². The van der Waals surface area contributed by atoms with E-state index in [1.807, 2.05) is 6.92 Å². The van der Waals surface area contributed by atoms with E-state index in [-0.39, 0.29) is 4.83 Å². The number of rotatable bonds is 2. The topological polar surface area (TPSA) is 25.8 Å². The molecule has 0 N–H and O–H groups in total. The summed E-state index contributed by atoms with van der Waals surface area (Å²) in [6, 6.07) is 0. The van der Waals surface area contributed by atoms with Gasteiger partial charge in [-0.2, -0.15) is 13.2 Å². The largest absolute Gasteiger partial charge is 0.451 e. The van der Waals surface area contributed by atoms with Gasteiger partial charge in [-0.05, 0) is 13.3 Å². The van der Waals surface area contributed by atoms with E-state index in [1.54, 1.807) is 6.92 Å². The maximum Gasteiger partial charge on any atom is 0.451 e. The molecular formula is C9H10BrF3N2. The Labute approximate surface area is 94.1 Å². The molecule has 1 heterocycles. The summed E-state index contributed by atoms with van der Waals surface area (Å²) in [6.07, 6.45) is -2.47. The Balaban J connectivity index is 3.09. The first-order chi connectivity index (χ1) is 6.86. The normalized spacial score (nSPS) is 14.0. The molecule has 0 amide bonds. The quantitative estimate of drug-likeness (QED) is 0.774. The summed E-state index contributed by atoms with van der Waals surface area (Å²) < 4.78 is 36.7. The highest BCUT2D eigenvalue weighted by molar-refractivity contribution is 9.09. The average Bonchev–Trinajstić information content (AvgIpc) is 2.15.